The molecule has 0 aliphatic heterocycles. The van der Waals surface area contributed by atoms with Gasteiger partial charge in [-0.3, -0.25) is 9.59 Å². The SMILES string of the molecule is CC(=O)Nc1ccc(Br)cc1NC(=O)C[C@@H]1CCC[C@H]1N. The van der Waals surface area contributed by atoms with E-state index in [1.165, 1.54) is 6.92 Å². The number of hydrogen-bond acceptors (Lipinski definition) is 3. The molecule has 1 aliphatic rings. The van der Waals surface area contributed by atoms with Gasteiger partial charge >= 0.3 is 0 Å². The van der Waals surface area contributed by atoms with Crippen molar-refractivity contribution in [2.45, 2.75) is 38.6 Å². The van der Waals surface area contributed by atoms with Crippen LogP contribution in [-0.4, -0.2) is 17.9 Å². The molecule has 0 spiro atoms. The molecule has 2 amide bonds. The lowest BCUT2D eigenvalue weighted by Crippen LogP contribution is -2.28. The molecule has 1 saturated carbocycles. The number of benzene rings is 1. The van der Waals surface area contributed by atoms with Crippen LogP contribution in [-0.2, 0) is 9.59 Å². The van der Waals surface area contributed by atoms with E-state index in [9.17, 15) is 9.59 Å². The maximum absolute atomic E-state index is 12.2. The second-order valence-electron chi connectivity index (χ2n) is 5.48. The van der Waals surface area contributed by atoms with Crippen LogP contribution in [0, 0.1) is 5.92 Å². The number of carbonyl (C=O) groups excluding carboxylic acids is 2. The predicted molar refractivity (Wildman–Crippen MR) is 87.0 cm³/mol. The van der Waals surface area contributed by atoms with Gasteiger partial charge in [-0.05, 0) is 37.0 Å². The van der Waals surface area contributed by atoms with E-state index in [1.54, 1.807) is 12.1 Å². The molecule has 0 radical (unpaired) electrons. The van der Waals surface area contributed by atoms with Crippen molar-refractivity contribution in [1.82, 2.24) is 0 Å². The van der Waals surface area contributed by atoms with Gasteiger partial charge in [0, 0.05) is 23.9 Å². The lowest BCUT2D eigenvalue weighted by Gasteiger charge is -2.16. The van der Waals surface area contributed by atoms with Gasteiger partial charge < -0.3 is 16.4 Å². The standard InChI is InChI=1S/C15H20BrN3O2/c1-9(20)18-13-6-5-11(16)8-14(13)19-15(21)7-10-3-2-4-12(10)17/h5-6,8,10,12H,2-4,7,17H2,1H3,(H,18,20)(H,19,21)/t10-,12+/m0/s1. The van der Waals surface area contributed by atoms with Crippen LogP contribution in [0.1, 0.15) is 32.6 Å². The Hall–Kier alpha value is -1.40. The van der Waals surface area contributed by atoms with E-state index in [0.717, 1.165) is 23.7 Å². The van der Waals surface area contributed by atoms with Crippen LogP contribution in [0.25, 0.3) is 0 Å². The van der Waals surface area contributed by atoms with E-state index in [-0.39, 0.29) is 23.8 Å². The number of nitrogens with one attached hydrogen (secondary N) is 2. The fourth-order valence-corrected chi connectivity index (χ4v) is 3.04. The first-order valence-electron chi connectivity index (χ1n) is 7.08. The van der Waals surface area contributed by atoms with Crippen molar-refractivity contribution < 1.29 is 9.59 Å². The van der Waals surface area contributed by atoms with Gasteiger partial charge in [-0.2, -0.15) is 0 Å². The Morgan fingerprint density at radius 2 is 2.05 bits per heavy atom. The highest BCUT2D eigenvalue weighted by atomic mass is 79.9. The van der Waals surface area contributed by atoms with Gasteiger partial charge in [-0.15, -0.1) is 0 Å². The van der Waals surface area contributed by atoms with E-state index in [4.69, 9.17) is 5.73 Å². The number of anilines is 2. The number of halogens is 1. The molecule has 1 aliphatic carbocycles. The monoisotopic (exact) mass is 353 g/mol. The van der Waals surface area contributed by atoms with Crippen LogP contribution in [0.4, 0.5) is 11.4 Å². The topological polar surface area (TPSA) is 84.2 Å². The Labute approximate surface area is 132 Å². The minimum atomic E-state index is -0.175. The predicted octanol–water partition coefficient (Wildman–Crippen LogP) is 2.86. The molecule has 5 nitrogen and oxygen atoms in total. The molecule has 0 saturated heterocycles. The Balaban J connectivity index is 2.05. The van der Waals surface area contributed by atoms with Gasteiger partial charge in [0.05, 0.1) is 11.4 Å². The van der Waals surface area contributed by atoms with Gasteiger partial charge in [0.2, 0.25) is 11.8 Å². The van der Waals surface area contributed by atoms with Gasteiger partial charge in [0.15, 0.2) is 0 Å². The molecule has 4 N–H and O–H groups in total. The number of hydrogen-bond donors (Lipinski definition) is 3. The third kappa shape index (κ3) is 4.54. The van der Waals surface area contributed by atoms with Crippen molar-refractivity contribution >= 4 is 39.1 Å². The molecule has 0 unspecified atom stereocenters. The van der Waals surface area contributed by atoms with Gasteiger partial charge in [0.1, 0.15) is 0 Å². The average Bonchev–Trinajstić information content (AvgIpc) is 2.78. The highest BCUT2D eigenvalue weighted by molar-refractivity contribution is 9.10. The Kier molecular flexibility index (Phi) is 5.36. The zero-order valence-corrected chi connectivity index (χ0v) is 13.6. The number of rotatable bonds is 4. The van der Waals surface area contributed by atoms with Crippen LogP contribution >= 0.6 is 15.9 Å². The molecule has 2 rings (SSSR count). The highest BCUT2D eigenvalue weighted by Gasteiger charge is 2.26. The summed E-state index contributed by atoms with van der Waals surface area (Å²) in [5.41, 5.74) is 7.18. The van der Waals surface area contributed by atoms with Crippen molar-refractivity contribution in [3.8, 4) is 0 Å². The summed E-state index contributed by atoms with van der Waals surface area (Å²) < 4.78 is 0.837. The molecule has 0 aromatic heterocycles. The first-order valence-corrected chi connectivity index (χ1v) is 7.87. The van der Waals surface area contributed by atoms with E-state index in [0.29, 0.717) is 17.8 Å². The van der Waals surface area contributed by atoms with Crippen LogP contribution in [0.2, 0.25) is 0 Å². The fraction of sp³-hybridized carbons (Fsp3) is 0.467. The fourth-order valence-electron chi connectivity index (χ4n) is 2.68. The summed E-state index contributed by atoms with van der Waals surface area (Å²) in [7, 11) is 0. The molecule has 21 heavy (non-hydrogen) atoms. The maximum Gasteiger partial charge on any atom is 0.224 e. The maximum atomic E-state index is 12.2. The number of nitrogens with two attached hydrogens (primary N) is 1. The molecular formula is C15H20BrN3O2. The molecule has 0 heterocycles. The zero-order valence-electron chi connectivity index (χ0n) is 12.0. The largest absolute Gasteiger partial charge is 0.327 e. The van der Waals surface area contributed by atoms with Crippen molar-refractivity contribution in [3.63, 3.8) is 0 Å². The number of amides is 2. The minimum absolute atomic E-state index is 0.0675. The first kappa shape index (κ1) is 16.0. The van der Waals surface area contributed by atoms with Crippen molar-refractivity contribution in [3.05, 3.63) is 22.7 Å². The molecule has 1 aromatic carbocycles. The van der Waals surface area contributed by atoms with E-state index in [1.807, 2.05) is 6.07 Å². The summed E-state index contributed by atoms with van der Waals surface area (Å²) in [5.74, 6) is 0.00839. The van der Waals surface area contributed by atoms with Crippen molar-refractivity contribution in [2.24, 2.45) is 11.7 Å². The van der Waals surface area contributed by atoms with Crippen LogP contribution in [0.3, 0.4) is 0 Å². The summed E-state index contributed by atoms with van der Waals surface area (Å²) in [6.45, 7) is 1.44. The molecule has 6 heteroatoms. The summed E-state index contributed by atoms with van der Waals surface area (Å²) in [4.78, 5) is 23.4. The summed E-state index contributed by atoms with van der Waals surface area (Å²) in [6, 6.07) is 5.46. The normalized spacial score (nSPS) is 21.1. The molecule has 2 atom stereocenters. The molecule has 0 bridgehead atoms. The first-order chi connectivity index (χ1) is 9.95. The lowest BCUT2D eigenvalue weighted by molar-refractivity contribution is -0.117. The second kappa shape index (κ2) is 7.04. The quantitative estimate of drug-likeness (QED) is 0.777. The Morgan fingerprint density at radius 3 is 2.67 bits per heavy atom. The molecule has 1 fully saturated rings. The molecular weight excluding hydrogens is 334 g/mol. The Morgan fingerprint density at radius 1 is 1.29 bits per heavy atom. The second-order valence-corrected chi connectivity index (χ2v) is 6.39. The Bertz CT molecular complexity index is 548. The average molecular weight is 354 g/mol. The summed E-state index contributed by atoms with van der Waals surface area (Å²) >= 11 is 3.37. The zero-order chi connectivity index (χ0) is 15.4. The van der Waals surface area contributed by atoms with Gasteiger partial charge in [-0.25, -0.2) is 0 Å². The van der Waals surface area contributed by atoms with E-state index < -0.39 is 0 Å². The third-order valence-electron chi connectivity index (χ3n) is 3.73. The van der Waals surface area contributed by atoms with E-state index in [2.05, 4.69) is 26.6 Å². The third-order valence-corrected chi connectivity index (χ3v) is 4.23. The van der Waals surface area contributed by atoms with Crippen LogP contribution in [0.5, 0.6) is 0 Å². The van der Waals surface area contributed by atoms with Crippen molar-refractivity contribution in [2.75, 3.05) is 10.6 Å². The van der Waals surface area contributed by atoms with E-state index >= 15 is 0 Å². The molecule has 114 valence electrons. The summed E-state index contributed by atoms with van der Waals surface area (Å²) in [5, 5.41) is 5.57. The van der Waals surface area contributed by atoms with Crippen molar-refractivity contribution in [1.29, 1.82) is 0 Å². The van der Waals surface area contributed by atoms with Crippen LogP contribution in [0.15, 0.2) is 22.7 Å². The van der Waals surface area contributed by atoms with Crippen LogP contribution < -0.4 is 16.4 Å². The highest BCUT2D eigenvalue weighted by Crippen LogP contribution is 2.29. The van der Waals surface area contributed by atoms with Gasteiger partial charge in [-0.1, -0.05) is 22.4 Å². The number of carbonyl (C=O) groups is 2. The summed E-state index contributed by atoms with van der Waals surface area (Å²) in [6.07, 6.45) is 3.51. The smallest absolute Gasteiger partial charge is 0.224 e. The molecule has 1 aromatic rings. The van der Waals surface area contributed by atoms with Gasteiger partial charge in [0.25, 0.3) is 0 Å². The minimum Gasteiger partial charge on any atom is -0.327 e. The lowest BCUT2D eigenvalue weighted by atomic mass is 10.00.